The molecule has 2 aliphatic heterocycles. The molecule has 3 fully saturated rings. The molecule has 1 saturated carbocycles. The van der Waals surface area contributed by atoms with Crippen molar-refractivity contribution in [3.05, 3.63) is 70.6 Å². The number of likely N-dealkylation sites (tertiary alicyclic amines) is 1. The number of rotatable bonds is 6. The molecule has 4 amide bonds. The maximum absolute atomic E-state index is 15.1. The van der Waals surface area contributed by atoms with Crippen molar-refractivity contribution >= 4 is 52.5 Å². The molecule has 6 atom stereocenters. The second kappa shape index (κ2) is 10.8. The number of ether oxygens (including phenoxy) is 1. The van der Waals surface area contributed by atoms with E-state index in [1.165, 1.54) is 18.2 Å². The van der Waals surface area contributed by atoms with Gasteiger partial charge in [-0.05, 0) is 31.7 Å². The Morgan fingerprint density at radius 1 is 0.911 bits per heavy atom. The average Bonchev–Trinajstić information content (AvgIpc) is 3.36. The first-order valence-electron chi connectivity index (χ1n) is 13.9. The number of aliphatic hydroxyl groups excluding tert-OH is 1. The normalized spacial score (nSPS) is 30.8. The maximum atomic E-state index is 15.1. The van der Waals surface area contributed by atoms with Gasteiger partial charge in [0.15, 0.2) is 33.0 Å². The maximum Gasteiger partial charge on any atom is 0.258 e. The van der Waals surface area contributed by atoms with E-state index in [2.05, 4.69) is 0 Å². The molecule has 2 aromatic carbocycles. The molecule has 15 heteroatoms. The molecule has 2 heterocycles. The molecule has 6 rings (SSSR count). The van der Waals surface area contributed by atoms with E-state index >= 15 is 8.78 Å². The summed E-state index contributed by atoms with van der Waals surface area (Å²) in [4.78, 5) is 50.7. The van der Waals surface area contributed by atoms with Gasteiger partial charge in [0, 0.05) is 18.0 Å². The fourth-order valence-corrected chi connectivity index (χ4v) is 8.22. The van der Waals surface area contributed by atoms with Gasteiger partial charge in [-0.3, -0.25) is 24.1 Å². The van der Waals surface area contributed by atoms with E-state index in [1.807, 2.05) is 0 Å². The highest BCUT2D eigenvalue weighted by Gasteiger charge is 2.77. The zero-order valence-corrected chi connectivity index (χ0v) is 24.8. The number of imide groups is 2. The largest absolute Gasteiger partial charge is 0.491 e. The van der Waals surface area contributed by atoms with Crippen LogP contribution in [-0.2, 0) is 19.2 Å². The van der Waals surface area contributed by atoms with Gasteiger partial charge >= 0.3 is 0 Å². The van der Waals surface area contributed by atoms with E-state index in [9.17, 15) is 37.5 Å². The number of nitrogens with zero attached hydrogens (tertiary/aromatic N) is 2. The Balaban J connectivity index is 1.61. The summed E-state index contributed by atoms with van der Waals surface area (Å²) in [5.41, 5.74) is -1.41. The lowest BCUT2D eigenvalue weighted by atomic mass is 9.56. The first-order chi connectivity index (χ1) is 21.3. The first-order valence-corrected chi connectivity index (χ1v) is 14.7. The van der Waals surface area contributed by atoms with Crippen LogP contribution in [0.4, 0.5) is 27.6 Å². The van der Waals surface area contributed by atoms with Gasteiger partial charge in [0.1, 0.15) is 18.0 Å². The van der Waals surface area contributed by atoms with Gasteiger partial charge in [0.2, 0.25) is 17.6 Å². The van der Waals surface area contributed by atoms with E-state index in [1.54, 1.807) is 19.1 Å². The van der Waals surface area contributed by atoms with Crippen molar-refractivity contribution in [3.63, 3.8) is 0 Å². The third kappa shape index (κ3) is 3.99. The molecular formula is C30H23Cl2F5N2O6. The van der Waals surface area contributed by atoms with Crippen molar-refractivity contribution in [2.24, 2.45) is 17.8 Å². The van der Waals surface area contributed by atoms with Crippen LogP contribution in [0, 0.1) is 46.8 Å². The van der Waals surface area contributed by atoms with Gasteiger partial charge in [-0.25, -0.2) is 26.9 Å². The first kappa shape index (κ1) is 31.4. The van der Waals surface area contributed by atoms with Gasteiger partial charge in [-0.2, -0.15) is 0 Å². The third-order valence-corrected chi connectivity index (χ3v) is 10.6. The molecule has 4 aliphatic rings. The Hall–Kier alpha value is -3.55. The lowest BCUT2D eigenvalue weighted by Crippen LogP contribution is -2.60. The van der Waals surface area contributed by atoms with Crippen LogP contribution in [0.5, 0.6) is 5.75 Å². The number of hydrogen-bond acceptors (Lipinski definition) is 6. The molecule has 2 saturated heterocycles. The highest BCUT2D eigenvalue weighted by atomic mass is 35.5. The predicted octanol–water partition coefficient (Wildman–Crippen LogP) is 4.34. The minimum absolute atomic E-state index is 0.0412. The number of fused-ring (bicyclic) bond motifs is 4. The monoisotopic (exact) mass is 672 g/mol. The van der Waals surface area contributed by atoms with E-state index < -0.39 is 105 Å². The third-order valence-electron chi connectivity index (χ3n) is 9.21. The minimum atomic E-state index is -2.66. The molecular weight excluding hydrogens is 650 g/mol. The smallest absolute Gasteiger partial charge is 0.258 e. The topological polar surface area (TPSA) is 104 Å². The Kier molecular flexibility index (Phi) is 7.52. The van der Waals surface area contributed by atoms with Gasteiger partial charge in [-0.1, -0.05) is 29.8 Å². The lowest BCUT2D eigenvalue weighted by Gasteiger charge is -2.50. The van der Waals surface area contributed by atoms with Crippen molar-refractivity contribution in [2.75, 3.05) is 24.7 Å². The van der Waals surface area contributed by atoms with Crippen molar-refractivity contribution < 1.29 is 51.0 Å². The molecule has 2 aliphatic carbocycles. The zero-order chi connectivity index (χ0) is 32.7. The Bertz CT molecular complexity index is 1690. The van der Waals surface area contributed by atoms with Crippen LogP contribution in [0.1, 0.15) is 31.2 Å². The van der Waals surface area contributed by atoms with Crippen LogP contribution in [0.25, 0.3) is 0 Å². The van der Waals surface area contributed by atoms with Gasteiger partial charge in [0.05, 0.1) is 18.4 Å². The van der Waals surface area contributed by atoms with Crippen LogP contribution in [0.2, 0.25) is 0 Å². The number of halogens is 7. The Labute approximate surface area is 262 Å². The summed E-state index contributed by atoms with van der Waals surface area (Å²) in [6.45, 7) is 1.02. The quantitative estimate of drug-likeness (QED) is 0.122. The summed E-state index contributed by atoms with van der Waals surface area (Å²) in [6.07, 6.45) is 1.05. The Morgan fingerprint density at radius 2 is 1.53 bits per heavy atom. The summed E-state index contributed by atoms with van der Waals surface area (Å²) in [6, 6.07) is 6.01. The molecule has 45 heavy (non-hydrogen) atoms. The highest BCUT2D eigenvalue weighted by Crippen LogP contribution is 2.66. The number of allylic oxidation sites excluding steroid dienone is 2. The number of para-hydroxylation sites is 1. The average molecular weight is 673 g/mol. The van der Waals surface area contributed by atoms with E-state index in [-0.39, 0.29) is 35.8 Å². The van der Waals surface area contributed by atoms with Gasteiger partial charge in [-0.15, -0.1) is 23.2 Å². The fraction of sp³-hybridized carbons (Fsp3) is 0.400. The Morgan fingerprint density at radius 3 is 2.16 bits per heavy atom. The number of alkyl halides is 2. The van der Waals surface area contributed by atoms with Crippen molar-refractivity contribution in [2.45, 2.75) is 35.4 Å². The van der Waals surface area contributed by atoms with Crippen LogP contribution >= 0.6 is 23.2 Å². The number of amides is 4. The number of aliphatic hydroxyl groups is 1. The number of carbonyl (C=O) groups excluding carboxylic acids is 4. The molecule has 1 N–H and O–H groups in total. The number of anilines is 1. The summed E-state index contributed by atoms with van der Waals surface area (Å²) >= 11 is 14.2. The summed E-state index contributed by atoms with van der Waals surface area (Å²) in [5, 5.41) is 9.39. The molecule has 2 aromatic rings. The van der Waals surface area contributed by atoms with Crippen LogP contribution in [0.3, 0.4) is 0 Å². The molecule has 0 bridgehead atoms. The summed E-state index contributed by atoms with van der Waals surface area (Å²) < 4.78 is 78.5. The van der Waals surface area contributed by atoms with E-state index in [0.717, 1.165) is 4.90 Å². The van der Waals surface area contributed by atoms with Crippen molar-refractivity contribution in [3.8, 4) is 5.75 Å². The van der Waals surface area contributed by atoms with Crippen LogP contribution in [0.15, 0.2) is 35.9 Å². The molecule has 0 aromatic heterocycles. The molecule has 0 radical (unpaired) electrons. The molecule has 0 spiro atoms. The van der Waals surface area contributed by atoms with Crippen molar-refractivity contribution in [1.82, 2.24) is 4.90 Å². The fourth-order valence-electron chi connectivity index (χ4n) is 7.30. The van der Waals surface area contributed by atoms with Crippen LogP contribution < -0.4 is 9.64 Å². The van der Waals surface area contributed by atoms with Crippen LogP contribution in [-0.4, -0.2) is 63.1 Å². The molecule has 6 unspecified atom stereocenters. The van der Waals surface area contributed by atoms with Gasteiger partial charge < -0.3 is 9.84 Å². The number of hydrogen-bond donors (Lipinski definition) is 1. The van der Waals surface area contributed by atoms with E-state index in [4.69, 9.17) is 27.9 Å². The molecule has 8 nitrogen and oxygen atoms in total. The minimum Gasteiger partial charge on any atom is -0.491 e. The zero-order valence-electron chi connectivity index (χ0n) is 23.3. The van der Waals surface area contributed by atoms with E-state index in [0.29, 0.717) is 5.57 Å². The summed E-state index contributed by atoms with van der Waals surface area (Å²) in [5.74, 6) is -20.7. The highest BCUT2D eigenvalue weighted by molar-refractivity contribution is 6.58. The van der Waals surface area contributed by atoms with Gasteiger partial charge in [0.25, 0.3) is 11.8 Å². The standard InChI is InChI=1S/C30H23Cl2F5N2O6/c1-2-38-25(41)14-8-7-12-15(17(14)26(38)42)11-29(31)27(43)39(24-22(36)20(34)19(33)21(35)23(24)37)28(44)30(29,32)18(12)13-5-3-4-6-16(13)45-10-9-40/h3-7,14-15,17-18,40H,2,8-11H2,1H3. The number of carbonyl (C=O) groups is 4. The SMILES string of the molecule is CCN1C(=O)C2CC=C3C(CC4(Cl)C(=O)N(c5c(F)c(F)c(F)c(F)c5F)C(=O)C4(Cl)C3c3ccccc3OCCO)C2C1=O. The molecule has 238 valence electrons. The second-order valence-electron chi connectivity index (χ2n) is 11.2. The lowest BCUT2D eigenvalue weighted by molar-refractivity contribution is -0.140. The summed E-state index contributed by atoms with van der Waals surface area (Å²) in [7, 11) is 0. The van der Waals surface area contributed by atoms with Crippen molar-refractivity contribution in [1.29, 1.82) is 0 Å². The second-order valence-corrected chi connectivity index (χ2v) is 12.5. The predicted molar refractivity (Wildman–Crippen MR) is 148 cm³/mol. The number of benzene rings is 2.